The number of nitrogens with one attached hydrogen (secondary N) is 1. The van der Waals surface area contributed by atoms with E-state index in [-0.39, 0.29) is 5.69 Å². The number of hydrazone groups is 1. The van der Waals surface area contributed by atoms with Crippen molar-refractivity contribution in [3.05, 3.63) is 111 Å². The number of amides is 1. The van der Waals surface area contributed by atoms with Crippen molar-refractivity contribution in [1.82, 2.24) is 5.43 Å². The number of hydrogen-bond donors (Lipinski definition) is 1. The molecule has 6 nitrogen and oxygen atoms in total. The molecule has 0 aromatic heterocycles. The van der Waals surface area contributed by atoms with Crippen molar-refractivity contribution in [1.29, 1.82) is 0 Å². The standard InChI is InChI=1S/C21H15N3O3/c25-21(14-9-11-17(12-10-14)24(26)27)23-22-20-18-7-3-1-5-15(18)13-16-6-2-4-8-19(16)20/h1-12H,13H2,(H,23,25). The van der Waals surface area contributed by atoms with Gasteiger partial charge in [0, 0.05) is 28.8 Å². The van der Waals surface area contributed by atoms with Crippen molar-refractivity contribution >= 4 is 17.3 Å². The van der Waals surface area contributed by atoms with E-state index in [1.165, 1.54) is 24.3 Å². The molecule has 1 aliphatic rings. The first-order valence-corrected chi connectivity index (χ1v) is 8.42. The normalized spacial score (nSPS) is 11.9. The SMILES string of the molecule is O=C(NN=C1c2ccccc2Cc2ccccc21)c1ccc([N+](=O)[O-])cc1. The predicted octanol–water partition coefficient (Wildman–Crippen LogP) is 3.68. The first-order chi connectivity index (χ1) is 13.1. The Morgan fingerprint density at radius 2 is 1.44 bits per heavy atom. The number of hydrogen-bond acceptors (Lipinski definition) is 4. The van der Waals surface area contributed by atoms with Gasteiger partial charge in [-0.3, -0.25) is 14.9 Å². The maximum Gasteiger partial charge on any atom is 0.271 e. The third kappa shape index (κ3) is 3.20. The Morgan fingerprint density at radius 3 is 2.00 bits per heavy atom. The van der Waals surface area contributed by atoms with E-state index < -0.39 is 10.8 Å². The van der Waals surface area contributed by atoms with E-state index in [1.807, 2.05) is 36.4 Å². The molecule has 1 N–H and O–H groups in total. The number of rotatable bonds is 3. The summed E-state index contributed by atoms with van der Waals surface area (Å²) < 4.78 is 0. The summed E-state index contributed by atoms with van der Waals surface area (Å²) >= 11 is 0. The molecule has 0 aliphatic heterocycles. The average molecular weight is 357 g/mol. The second-order valence-corrected chi connectivity index (χ2v) is 6.20. The quantitative estimate of drug-likeness (QED) is 0.448. The van der Waals surface area contributed by atoms with Crippen LogP contribution in [0.25, 0.3) is 0 Å². The van der Waals surface area contributed by atoms with Gasteiger partial charge in [0.1, 0.15) is 0 Å². The number of benzene rings is 3. The predicted molar refractivity (Wildman–Crippen MR) is 102 cm³/mol. The van der Waals surface area contributed by atoms with Gasteiger partial charge in [-0.15, -0.1) is 0 Å². The smallest absolute Gasteiger partial charge is 0.267 e. The molecule has 3 aromatic carbocycles. The molecule has 0 radical (unpaired) electrons. The van der Waals surface area contributed by atoms with Gasteiger partial charge < -0.3 is 0 Å². The highest BCUT2D eigenvalue weighted by Gasteiger charge is 2.21. The van der Waals surface area contributed by atoms with E-state index in [2.05, 4.69) is 22.7 Å². The number of carbonyl (C=O) groups is 1. The van der Waals surface area contributed by atoms with Crippen LogP contribution in [0.15, 0.2) is 77.9 Å². The maximum atomic E-state index is 12.4. The largest absolute Gasteiger partial charge is 0.271 e. The van der Waals surface area contributed by atoms with Crippen LogP contribution in [0.5, 0.6) is 0 Å². The second kappa shape index (κ2) is 6.84. The number of nitrogens with zero attached hydrogens (tertiary/aromatic N) is 2. The lowest BCUT2D eigenvalue weighted by atomic mass is 9.85. The van der Waals surface area contributed by atoms with Gasteiger partial charge in [-0.25, -0.2) is 5.43 Å². The molecule has 0 atom stereocenters. The van der Waals surface area contributed by atoms with Crippen molar-refractivity contribution in [2.24, 2.45) is 5.10 Å². The van der Waals surface area contributed by atoms with Crippen molar-refractivity contribution < 1.29 is 9.72 Å². The molecule has 1 aliphatic carbocycles. The van der Waals surface area contributed by atoms with Crippen molar-refractivity contribution in [3.63, 3.8) is 0 Å². The zero-order valence-electron chi connectivity index (χ0n) is 14.3. The highest BCUT2D eigenvalue weighted by Crippen LogP contribution is 2.27. The average Bonchev–Trinajstić information content (AvgIpc) is 2.71. The Hall–Kier alpha value is -3.80. The molecule has 0 fully saturated rings. The molecule has 0 saturated heterocycles. The Labute approximate surface area is 155 Å². The van der Waals surface area contributed by atoms with E-state index in [9.17, 15) is 14.9 Å². The third-order valence-electron chi connectivity index (χ3n) is 4.54. The zero-order valence-corrected chi connectivity index (χ0v) is 14.3. The molecule has 4 rings (SSSR count). The van der Waals surface area contributed by atoms with Crippen molar-refractivity contribution in [3.8, 4) is 0 Å². The summed E-state index contributed by atoms with van der Waals surface area (Å²) in [6.45, 7) is 0. The summed E-state index contributed by atoms with van der Waals surface area (Å²) in [4.78, 5) is 22.6. The lowest BCUT2D eigenvalue weighted by molar-refractivity contribution is -0.384. The Morgan fingerprint density at radius 1 is 0.889 bits per heavy atom. The van der Waals surface area contributed by atoms with Crippen LogP contribution in [0.2, 0.25) is 0 Å². The highest BCUT2D eigenvalue weighted by atomic mass is 16.6. The number of nitro groups is 1. The molecule has 0 unspecified atom stereocenters. The van der Waals surface area contributed by atoms with Gasteiger partial charge in [0.15, 0.2) is 0 Å². The van der Waals surface area contributed by atoms with Crippen molar-refractivity contribution in [2.75, 3.05) is 0 Å². The summed E-state index contributed by atoms with van der Waals surface area (Å²) in [7, 11) is 0. The fraction of sp³-hybridized carbons (Fsp3) is 0.0476. The fourth-order valence-electron chi connectivity index (χ4n) is 3.19. The highest BCUT2D eigenvalue weighted by molar-refractivity contribution is 6.16. The van der Waals surface area contributed by atoms with E-state index >= 15 is 0 Å². The van der Waals surface area contributed by atoms with Crippen LogP contribution >= 0.6 is 0 Å². The van der Waals surface area contributed by atoms with Gasteiger partial charge >= 0.3 is 0 Å². The van der Waals surface area contributed by atoms with Gasteiger partial charge in [-0.2, -0.15) is 5.10 Å². The number of non-ortho nitro benzene ring substituents is 1. The number of carbonyl (C=O) groups excluding carboxylic acids is 1. The van der Waals surface area contributed by atoms with Crippen LogP contribution < -0.4 is 5.43 Å². The summed E-state index contributed by atoms with van der Waals surface area (Å²) in [6, 6.07) is 21.4. The molecule has 0 spiro atoms. The topological polar surface area (TPSA) is 84.6 Å². The first kappa shape index (κ1) is 16.7. The van der Waals surface area contributed by atoms with Crippen LogP contribution in [0, 0.1) is 10.1 Å². The van der Waals surface area contributed by atoms with Crippen LogP contribution in [0.1, 0.15) is 32.6 Å². The second-order valence-electron chi connectivity index (χ2n) is 6.20. The fourth-order valence-corrected chi connectivity index (χ4v) is 3.19. The molecule has 0 heterocycles. The maximum absolute atomic E-state index is 12.4. The lowest BCUT2D eigenvalue weighted by Gasteiger charge is -2.21. The zero-order chi connectivity index (χ0) is 18.8. The minimum atomic E-state index is -0.502. The van der Waals surface area contributed by atoms with E-state index in [0.29, 0.717) is 11.3 Å². The molecule has 0 bridgehead atoms. The van der Waals surface area contributed by atoms with Crippen LogP contribution in [0.4, 0.5) is 5.69 Å². The van der Waals surface area contributed by atoms with Gasteiger partial charge in [-0.1, -0.05) is 48.5 Å². The molecular formula is C21H15N3O3. The van der Waals surface area contributed by atoms with Crippen LogP contribution in [-0.2, 0) is 6.42 Å². The Balaban J connectivity index is 1.66. The minimum absolute atomic E-state index is 0.0620. The van der Waals surface area contributed by atoms with Crippen molar-refractivity contribution in [2.45, 2.75) is 6.42 Å². The number of nitro benzene ring substituents is 1. The summed E-state index contributed by atoms with van der Waals surface area (Å²) in [5.74, 6) is -0.419. The van der Waals surface area contributed by atoms with Gasteiger partial charge in [0.25, 0.3) is 11.6 Å². The minimum Gasteiger partial charge on any atom is -0.267 e. The van der Waals surface area contributed by atoms with E-state index in [1.54, 1.807) is 0 Å². The molecule has 132 valence electrons. The third-order valence-corrected chi connectivity index (χ3v) is 4.54. The summed E-state index contributed by atoms with van der Waals surface area (Å²) in [5, 5.41) is 15.1. The van der Waals surface area contributed by atoms with Gasteiger partial charge in [0.05, 0.1) is 10.6 Å². The summed E-state index contributed by atoms with van der Waals surface area (Å²) in [6.07, 6.45) is 0.821. The van der Waals surface area contributed by atoms with E-state index in [4.69, 9.17) is 0 Å². The molecule has 1 amide bonds. The molecule has 0 saturated carbocycles. The van der Waals surface area contributed by atoms with Crippen LogP contribution in [0.3, 0.4) is 0 Å². The van der Waals surface area contributed by atoms with Crippen LogP contribution in [-0.4, -0.2) is 16.5 Å². The lowest BCUT2D eigenvalue weighted by Crippen LogP contribution is -2.23. The van der Waals surface area contributed by atoms with Gasteiger partial charge in [0.2, 0.25) is 0 Å². The van der Waals surface area contributed by atoms with E-state index in [0.717, 1.165) is 28.7 Å². The molecular weight excluding hydrogens is 342 g/mol. The molecule has 27 heavy (non-hydrogen) atoms. The summed E-state index contributed by atoms with van der Waals surface area (Å²) in [5.41, 5.74) is 7.81. The molecule has 6 heteroatoms. The Kier molecular flexibility index (Phi) is 4.22. The monoisotopic (exact) mass is 357 g/mol. The molecule has 3 aromatic rings. The number of fused-ring (bicyclic) bond motifs is 2. The van der Waals surface area contributed by atoms with Gasteiger partial charge in [-0.05, 0) is 29.7 Å². The first-order valence-electron chi connectivity index (χ1n) is 8.42. The Bertz CT molecular complexity index is 1020.